The predicted octanol–water partition coefficient (Wildman–Crippen LogP) is 2.47. The maximum atomic E-state index is 5.20. The normalized spacial score (nSPS) is 17.9. The van der Waals surface area contributed by atoms with Crippen molar-refractivity contribution in [3.05, 3.63) is 29.8 Å². The summed E-state index contributed by atoms with van der Waals surface area (Å²) in [5.41, 5.74) is 1.51. The lowest BCUT2D eigenvalue weighted by atomic mass is 10.0. The fraction of sp³-hybridized carbons (Fsp3) is 0.600. The van der Waals surface area contributed by atoms with Gasteiger partial charge in [-0.2, -0.15) is 0 Å². The summed E-state index contributed by atoms with van der Waals surface area (Å²) in [4.78, 5) is 3.89. The maximum absolute atomic E-state index is 5.20. The molecule has 1 aliphatic heterocycles. The second kappa shape index (κ2) is 7.90. The second-order valence-electron chi connectivity index (χ2n) is 4.83. The molecule has 1 aliphatic rings. The molecule has 0 bridgehead atoms. The van der Waals surface area contributed by atoms with Crippen molar-refractivity contribution in [2.45, 2.75) is 10.8 Å². The van der Waals surface area contributed by atoms with Gasteiger partial charge >= 0.3 is 0 Å². The maximum Gasteiger partial charge on any atom is 0.0589 e. The number of rotatable bonds is 8. The lowest BCUT2D eigenvalue weighted by Gasteiger charge is -2.25. The Labute approximate surface area is 120 Å². The number of fused-ring (bicyclic) bond motifs is 1. The molecule has 1 heterocycles. The van der Waals surface area contributed by atoms with Gasteiger partial charge in [0, 0.05) is 50.4 Å². The topological polar surface area (TPSA) is 21.7 Å². The zero-order valence-electron chi connectivity index (χ0n) is 11.8. The minimum atomic E-state index is 0.634. The van der Waals surface area contributed by atoms with Crippen molar-refractivity contribution in [2.75, 3.05) is 52.8 Å². The molecule has 0 aliphatic carbocycles. The lowest BCUT2D eigenvalue weighted by molar-refractivity contribution is 0.111. The Morgan fingerprint density at radius 3 is 2.53 bits per heavy atom. The van der Waals surface area contributed by atoms with Crippen molar-refractivity contribution >= 4 is 11.8 Å². The third-order valence-corrected chi connectivity index (χ3v) is 4.75. The number of hydrogen-bond acceptors (Lipinski definition) is 4. The molecule has 0 spiro atoms. The Hall–Kier alpha value is -0.550. The summed E-state index contributed by atoms with van der Waals surface area (Å²) in [7, 11) is 3.52. The van der Waals surface area contributed by atoms with E-state index in [-0.39, 0.29) is 0 Å². The number of ether oxygens (including phenoxy) is 2. The van der Waals surface area contributed by atoms with Crippen molar-refractivity contribution in [1.29, 1.82) is 0 Å². The highest BCUT2D eigenvalue weighted by molar-refractivity contribution is 7.99. The first-order chi connectivity index (χ1) is 9.35. The standard InChI is InChI=1S/C15H23NO2S/c1-17-9-7-16(8-10-18-2)11-13-12-19-15-6-4-3-5-14(13)15/h3-6,13H,7-12H2,1-2H3. The molecular formula is C15H23NO2S. The van der Waals surface area contributed by atoms with Crippen LogP contribution in [-0.4, -0.2) is 57.7 Å². The number of nitrogens with zero attached hydrogens (tertiary/aromatic N) is 1. The molecule has 1 atom stereocenters. The van der Waals surface area contributed by atoms with Crippen molar-refractivity contribution in [1.82, 2.24) is 4.90 Å². The van der Waals surface area contributed by atoms with Crippen LogP contribution in [0.1, 0.15) is 11.5 Å². The van der Waals surface area contributed by atoms with Gasteiger partial charge in [-0.15, -0.1) is 11.8 Å². The largest absolute Gasteiger partial charge is 0.383 e. The van der Waals surface area contributed by atoms with Crippen LogP contribution in [0.2, 0.25) is 0 Å². The fourth-order valence-electron chi connectivity index (χ4n) is 2.43. The van der Waals surface area contributed by atoms with Crippen LogP contribution in [0.3, 0.4) is 0 Å². The van der Waals surface area contributed by atoms with Gasteiger partial charge < -0.3 is 9.47 Å². The molecule has 1 aromatic rings. The zero-order chi connectivity index (χ0) is 13.5. The molecule has 0 saturated heterocycles. The fourth-order valence-corrected chi connectivity index (χ4v) is 3.67. The molecule has 19 heavy (non-hydrogen) atoms. The highest BCUT2D eigenvalue weighted by Gasteiger charge is 2.24. The molecule has 0 amide bonds. The quantitative estimate of drug-likeness (QED) is 0.730. The smallest absolute Gasteiger partial charge is 0.0589 e. The summed E-state index contributed by atoms with van der Waals surface area (Å²) < 4.78 is 10.4. The highest BCUT2D eigenvalue weighted by Crippen LogP contribution is 2.39. The van der Waals surface area contributed by atoms with E-state index in [1.165, 1.54) is 16.2 Å². The summed E-state index contributed by atoms with van der Waals surface area (Å²) in [6, 6.07) is 8.77. The Morgan fingerprint density at radius 2 is 1.84 bits per heavy atom. The van der Waals surface area contributed by atoms with Gasteiger partial charge in [-0.3, -0.25) is 4.90 Å². The summed E-state index contributed by atoms with van der Waals surface area (Å²) >= 11 is 1.98. The van der Waals surface area contributed by atoms with Gasteiger partial charge in [0.05, 0.1) is 13.2 Å². The Bertz CT molecular complexity index is 378. The van der Waals surface area contributed by atoms with E-state index in [1.54, 1.807) is 14.2 Å². The van der Waals surface area contributed by atoms with Crippen LogP contribution in [-0.2, 0) is 9.47 Å². The first-order valence-electron chi connectivity index (χ1n) is 6.77. The molecule has 3 nitrogen and oxygen atoms in total. The Balaban J connectivity index is 1.93. The zero-order valence-corrected chi connectivity index (χ0v) is 12.6. The van der Waals surface area contributed by atoms with E-state index in [9.17, 15) is 0 Å². The van der Waals surface area contributed by atoms with E-state index in [1.807, 2.05) is 11.8 Å². The average molecular weight is 281 g/mol. The number of methoxy groups -OCH3 is 2. The van der Waals surface area contributed by atoms with Crippen LogP contribution in [0.25, 0.3) is 0 Å². The molecule has 106 valence electrons. The molecule has 1 unspecified atom stereocenters. The minimum Gasteiger partial charge on any atom is -0.383 e. The molecule has 0 N–H and O–H groups in total. The van der Waals surface area contributed by atoms with Gasteiger partial charge in [-0.05, 0) is 11.6 Å². The third kappa shape index (κ3) is 4.21. The molecule has 4 heteroatoms. The lowest BCUT2D eigenvalue weighted by Crippen LogP contribution is -2.34. The third-order valence-electron chi connectivity index (χ3n) is 3.50. The Morgan fingerprint density at radius 1 is 1.16 bits per heavy atom. The van der Waals surface area contributed by atoms with Gasteiger partial charge in [0.1, 0.15) is 0 Å². The summed E-state index contributed by atoms with van der Waals surface area (Å²) in [6.45, 7) is 4.61. The van der Waals surface area contributed by atoms with Crippen LogP contribution in [0.15, 0.2) is 29.2 Å². The van der Waals surface area contributed by atoms with Crippen molar-refractivity contribution in [3.63, 3.8) is 0 Å². The summed E-state index contributed by atoms with van der Waals surface area (Å²) in [5.74, 6) is 1.82. The van der Waals surface area contributed by atoms with Gasteiger partial charge in [-0.25, -0.2) is 0 Å². The first kappa shape index (κ1) is 14.9. The molecule has 0 saturated carbocycles. The van der Waals surface area contributed by atoms with Gasteiger partial charge in [0.15, 0.2) is 0 Å². The number of hydrogen-bond donors (Lipinski definition) is 0. The van der Waals surface area contributed by atoms with Crippen molar-refractivity contribution < 1.29 is 9.47 Å². The SMILES string of the molecule is COCCN(CCOC)CC1CSc2ccccc21. The molecule has 0 radical (unpaired) electrons. The van der Waals surface area contributed by atoms with Crippen LogP contribution >= 0.6 is 11.8 Å². The number of thioether (sulfide) groups is 1. The summed E-state index contributed by atoms with van der Waals surface area (Å²) in [5, 5.41) is 0. The van der Waals surface area contributed by atoms with Crippen LogP contribution in [0.4, 0.5) is 0 Å². The molecule has 2 rings (SSSR count). The van der Waals surface area contributed by atoms with Crippen LogP contribution in [0.5, 0.6) is 0 Å². The van der Waals surface area contributed by atoms with Crippen LogP contribution in [0, 0.1) is 0 Å². The van der Waals surface area contributed by atoms with E-state index in [0.717, 1.165) is 32.8 Å². The predicted molar refractivity (Wildman–Crippen MR) is 80.1 cm³/mol. The minimum absolute atomic E-state index is 0.634. The molecule has 0 fully saturated rings. The first-order valence-corrected chi connectivity index (χ1v) is 7.75. The van der Waals surface area contributed by atoms with Crippen molar-refractivity contribution in [2.24, 2.45) is 0 Å². The van der Waals surface area contributed by atoms with Gasteiger partial charge in [0.2, 0.25) is 0 Å². The molecule has 1 aromatic carbocycles. The van der Waals surface area contributed by atoms with E-state index >= 15 is 0 Å². The second-order valence-corrected chi connectivity index (χ2v) is 5.89. The monoisotopic (exact) mass is 281 g/mol. The van der Waals surface area contributed by atoms with Crippen LogP contribution < -0.4 is 0 Å². The molecular weight excluding hydrogens is 258 g/mol. The van der Waals surface area contributed by atoms with Gasteiger partial charge in [-0.1, -0.05) is 18.2 Å². The molecule has 0 aromatic heterocycles. The van der Waals surface area contributed by atoms with E-state index in [4.69, 9.17) is 9.47 Å². The highest BCUT2D eigenvalue weighted by atomic mass is 32.2. The Kier molecular flexibility index (Phi) is 6.17. The average Bonchev–Trinajstić information content (AvgIpc) is 2.85. The van der Waals surface area contributed by atoms with E-state index in [2.05, 4.69) is 29.2 Å². The van der Waals surface area contributed by atoms with E-state index in [0.29, 0.717) is 5.92 Å². The van der Waals surface area contributed by atoms with Crippen molar-refractivity contribution in [3.8, 4) is 0 Å². The number of benzene rings is 1. The summed E-state index contributed by atoms with van der Waals surface area (Å²) in [6.07, 6.45) is 0. The van der Waals surface area contributed by atoms with E-state index < -0.39 is 0 Å². The van der Waals surface area contributed by atoms with Gasteiger partial charge in [0.25, 0.3) is 0 Å².